The summed E-state index contributed by atoms with van der Waals surface area (Å²) >= 11 is 18.7. The van der Waals surface area contributed by atoms with Gasteiger partial charge in [0, 0.05) is 17.2 Å². The second-order valence-electron chi connectivity index (χ2n) is 8.65. The quantitative estimate of drug-likeness (QED) is 0.241. The van der Waals surface area contributed by atoms with E-state index in [9.17, 15) is 27.2 Å². The van der Waals surface area contributed by atoms with E-state index in [1.54, 1.807) is 13.0 Å². The van der Waals surface area contributed by atoms with E-state index in [4.69, 9.17) is 40.1 Å². The summed E-state index contributed by atoms with van der Waals surface area (Å²) in [6, 6.07) is 13.1. The van der Waals surface area contributed by atoms with Crippen molar-refractivity contribution in [2.24, 2.45) is 5.92 Å². The van der Waals surface area contributed by atoms with E-state index < -0.39 is 45.5 Å². The number of nitriles is 1. The van der Waals surface area contributed by atoms with Crippen LogP contribution in [-0.2, 0) is 11.0 Å². The molecule has 1 saturated carbocycles. The molecule has 2 N–H and O–H groups in total. The summed E-state index contributed by atoms with van der Waals surface area (Å²) in [6.45, 7) is 1.67. The molecular weight excluding hydrogens is 569 g/mol. The lowest BCUT2D eigenvalue weighted by molar-refractivity contribution is -0.140. The molecule has 196 valence electrons. The minimum Gasteiger partial charge on any atom is -0.326 e. The van der Waals surface area contributed by atoms with Crippen molar-refractivity contribution in [2.45, 2.75) is 23.4 Å². The lowest BCUT2D eigenvalue weighted by Gasteiger charge is -2.12. The SMILES string of the molecule is Cc1cc(C#N)ccc1C(=O)Nc1cc(NC(=O)[C@H]2[C@H](c3ccc(F)c(C(F)(F)F)c3)C2(Cl)Cl)ccc1Cl. The highest BCUT2D eigenvalue weighted by Crippen LogP contribution is 2.65. The number of aryl methyl sites for hydroxylation is 1. The molecule has 0 aromatic heterocycles. The Bertz CT molecular complexity index is 1500. The average molecular weight is 585 g/mol. The summed E-state index contributed by atoms with van der Waals surface area (Å²) in [7, 11) is 0. The van der Waals surface area contributed by atoms with Crippen molar-refractivity contribution in [1.82, 2.24) is 0 Å². The number of anilines is 2. The lowest BCUT2D eigenvalue weighted by atomic mass is 10.0. The zero-order valence-electron chi connectivity index (χ0n) is 19.3. The van der Waals surface area contributed by atoms with E-state index in [1.807, 2.05) is 6.07 Å². The molecule has 0 spiro atoms. The first-order chi connectivity index (χ1) is 17.7. The fraction of sp³-hybridized carbons (Fsp3) is 0.192. The molecule has 0 radical (unpaired) electrons. The standard InChI is InChI=1S/C26H16Cl3F4N3O2/c1-12-8-13(11-34)2-5-16(12)23(37)36-20-10-15(4-6-18(20)27)35-24(38)22-21(25(22,28)29)14-3-7-19(30)17(9-14)26(31,32)33/h2-10,21-22H,1H3,(H,35,38)(H,36,37)/t21-,22+/m0/s1. The topological polar surface area (TPSA) is 82.0 Å². The Hall–Kier alpha value is -3.32. The van der Waals surface area contributed by atoms with Crippen LogP contribution in [0.4, 0.5) is 28.9 Å². The molecule has 4 rings (SSSR count). The van der Waals surface area contributed by atoms with Gasteiger partial charge in [0.25, 0.3) is 5.91 Å². The van der Waals surface area contributed by atoms with Crippen molar-refractivity contribution < 1.29 is 27.2 Å². The van der Waals surface area contributed by atoms with Crippen LogP contribution in [0, 0.1) is 30.0 Å². The molecule has 12 heteroatoms. The zero-order chi connectivity index (χ0) is 28.0. The van der Waals surface area contributed by atoms with Crippen molar-refractivity contribution >= 4 is 58.0 Å². The maximum Gasteiger partial charge on any atom is 0.419 e. The number of nitrogens with one attached hydrogen (secondary N) is 2. The van der Waals surface area contributed by atoms with Crippen molar-refractivity contribution in [3.05, 3.63) is 93.3 Å². The van der Waals surface area contributed by atoms with Gasteiger partial charge in [-0.15, -0.1) is 23.2 Å². The highest BCUT2D eigenvalue weighted by molar-refractivity contribution is 6.53. The Kier molecular flexibility index (Phi) is 7.36. The summed E-state index contributed by atoms with van der Waals surface area (Å²) < 4.78 is 51.4. The van der Waals surface area contributed by atoms with Crippen LogP contribution in [0.15, 0.2) is 54.6 Å². The molecular formula is C26H16Cl3F4N3O2. The molecule has 1 fully saturated rings. The summed E-state index contributed by atoms with van der Waals surface area (Å²) in [5.74, 6) is -4.80. The van der Waals surface area contributed by atoms with Gasteiger partial charge in [-0.05, 0) is 66.6 Å². The van der Waals surface area contributed by atoms with E-state index in [2.05, 4.69) is 10.6 Å². The Labute approximate surface area is 229 Å². The Morgan fingerprint density at radius 1 is 1.03 bits per heavy atom. The smallest absolute Gasteiger partial charge is 0.326 e. The van der Waals surface area contributed by atoms with Crippen LogP contribution in [0.3, 0.4) is 0 Å². The minimum absolute atomic E-state index is 0.0364. The molecule has 0 saturated heterocycles. The van der Waals surface area contributed by atoms with Crippen LogP contribution in [0.1, 0.15) is 38.5 Å². The molecule has 1 aliphatic carbocycles. The number of alkyl halides is 5. The van der Waals surface area contributed by atoms with E-state index in [0.29, 0.717) is 28.8 Å². The molecule has 0 bridgehead atoms. The average Bonchev–Trinajstić information content (AvgIpc) is 3.42. The zero-order valence-corrected chi connectivity index (χ0v) is 21.5. The van der Waals surface area contributed by atoms with Gasteiger partial charge in [0.1, 0.15) is 10.2 Å². The number of rotatable bonds is 5. The number of halogens is 7. The van der Waals surface area contributed by atoms with Gasteiger partial charge < -0.3 is 10.6 Å². The first-order valence-electron chi connectivity index (χ1n) is 10.9. The van der Waals surface area contributed by atoms with Gasteiger partial charge in [0.2, 0.25) is 5.91 Å². The second kappa shape index (κ2) is 10.1. The Morgan fingerprint density at radius 2 is 1.74 bits per heavy atom. The molecule has 38 heavy (non-hydrogen) atoms. The van der Waals surface area contributed by atoms with Crippen molar-refractivity contribution in [3.63, 3.8) is 0 Å². The van der Waals surface area contributed by atoms with Crippen LogP contribution in [0.5, 0.6) is 0 Å². The van der Waals surface area contributed by atoms with Crippen LogP contribution in [0.2, 0.25) is 5.02 Å². The van der Waals surface area contributed by atoms with Crippen molar-refractivity contribution in [3.8, 4) is 6.07 Å². The van der Waals surface area contributed by atoms with Crippen LogP contribution < -0.4 is 10.6 Å². The predicted molar refractivity (Wildman–Crippen MR) is 136 cm³/mol. The molecule has 0 aliphatic heterocycles. The highest BCUT2D eigenvalue weighted by atomic mass is 35.5. The first kappa shape index (κ1) is 27.7. The number of benzene rings is 3. The van der Waals surface area contributed by atoms with Gasteiger partial charge in [-0.3, -0.25) is 9.59 Å². The van der Waals surface area contributed by atoms with E-state index in [0.717, 1.165) is 6.07 Å². The number of carbonyl (C=O) groups excluding carboxylic acids is 2. The molecule has 5 nitrogen and oxygen atoms in total. The van der Waals surface area contributed by atoms with Crippen LogP contribution >= 0.6 is 34.8 Å². The van der Waals surface area contributed by atoms with Gasteiger partial charge in [-0.1, -0.05) is 17.7 Å². The summed E-state index contributed by atoms with van der Waals surface area (Å²) in [5.41, 5.74) is 0.119. The first-order valence-corrected chi connectivity index (χ1v) is 12.0. The number of hydrogen-bond acceptors (Lipinski definition) is 3. The molecule has 0 heterocycles. The second-order valence-corrected chi connectivity index (χ2v) is 10.5. The Balaban J connectivity index is 1.52. The normalized spacial score (nSPS) is 17.9. The predicted octanol–water partition coefficient (Wildman–Crippen LogP) is 7.46. The fourth-order valence-electron chi connectivity index (χ4n) is 4.12. The molecule has 3 aromatic rings. The number of hydrogen-bond donors (Lipinski definition) is 2. The number of carbonyl (C=O) groups is 2. The monoisotopic (exact) mass is 583 g/mol. The van der Waals surface area contributed by atoms with Crippen LogP contribution in [-0.4, -0.2) is 16.1 Å². The van der Waals surface area contributed by atoms with Crippen molar-refractivity contribution in [2.75, 3.05) is 10.6 Å². The third-order valence-electron chi connectivity index (χ3n) is 6.07. The molecule has 2 amide bonds. The van der Waals surface area contributed by atoms with E-state index >= 15 is 0 Å². The molecule has 0 unspecified atom stereocenters. The third-order valence-corrected chi connectivity index (χ3v) is 7.34. The van der Waals surface area contributed by atoms with Gasteiger partial charge in [-0.25, -0.2) is 4.39 Å². The maximum absolute atomic E-state index is 13.7. The van der Waals surface area contributed by atoms with Gasteiger partial charge >= 0.3 is 6.18 Å². The molecule has 3 aromatic carbocycles. The van der Waals surface area contributed by atoms with E-state index in [-0.39, 0.29) is 22.0 Å². The Morgan fingerprint density at radius 3 is 2.37 bits per heavy atom. The van der Waals surface area contributed by atoms with E-state index in [1.165, 1.54) is 30.3 Å². The number of nitrogens with zero attached hydrogens (tertiary/aromatic N) is 1. The summed E-state index contributed by atoms with van der Waals surface area (Å²) in [5, 5.41) is 14.4. The van der Waals surface area contributed by atoms with Crippen LogP contribution in [0.25, 0.3) is 0 Å². The maximum atomic E-state index is 13.7. The fourth-order valence-corrected chi connectivity index (χ4v) is 5.11. The lowest BCUT2D eigenvalue weighted by Crippen LogP contribution is -2.18. The highest BCUT2D eigenvalue weighted by Gasteiger charge is 2.67. The molecule has 1 aliphatic rings. The molecule has 2 atom stereocenters. The van der Waals surface area contributed by atoms with Crippen molar-refractivity contribution in [1.29, 1.82) is 5.26 Å². The third kappa shape index (κ3) is 5.44. The van der Waals surface area contributed by atoms with Gasteiger partial charge in [-0.2, -0.15) is 18.4 Å². The van der Waals surface area contributed by atoms with Gasteiger partial charge in [0.05, 0.1) is 33.8 Å². The minimum atomic E-state index is -4.94. The largest absolute Gasteiger partial charge is 0.419 e. The number of amides is 2. The summed E-state index contributed by atoms with van der Waals surface area (Å²) in [6.07, 6.45) is -4.94. The van der Waals surface area contributed by atoms with Gasteiger partial charge in [0.15, 0.2) is 0 Å². The summed E-state index contributed by atoms with van der Waals surface area (Å²) in [4.78, 5) is 25.7.